The van der Waals surface area contributed by atoms with Gasteiger partial charge in [0.15, 0.2) is 6.23 Å². The van der Waals surface area contributed by atoms with Crippen molar-refractivity contribution in [2.45, 2.75) is 24.5 Å². The maximum absolute atomic E-state index is 10.1. The van der Waals surface area contributed by atoms with Crippen molar-refractivity contribution >= 4 is 40.2 Å². The molecular formula is C12H13Cl2N3O4. The first-order chi connectivity index (χ1) is 9.93. The molecule has 9 heteroatoms. The molecule has 1 aromatic carbocycles. The average molecular weight is 334 g/mol. The van der Waals surface area contributed by atoms with Gasteiger partial charge in [-0.1, -0.05) is 23.2 Å². The van der Waals surface area contributed by atoms with E-state index in [0.717, 1.165) is 0 Å². The third-order valence-corrected chi connectivity index (χ3v) is 4.25. The van der Waals surface area contributed by atoms with Gasteiger partial charge in [0.1, 0.15) is 18.3 Å². The number of anilines is 1. The minimum Gasteiger partial charge on any atom is -0.394 e. The SMILES string of the molecule is Nc1nc2cc(Cl)c(Cl)cc2n1C1OC(CO)C(O)C1O. The fourth-order valence-corrected chi connectivity index (χ4v) is 2.79. The second kappa shape index (κ2) is 5.28. The van der Waals surface area contributed by atoms with E-state index < -0.39 is 31.1 Å². The lowest BCUT2D eigenvalue weighted by atomic mass is 10.1. The van der Waals surface area contributed by atoms with Gasteiger partial charge in [0.25, 0.3) is 0 Å². The Bertz CT molecular complexity index is 693. The number of aliphatic hydroxyl groups is 3. The number of hydrogen-bond donors (Lipinski definition) is 4. The van der Waals surface area contributed by atoms with Crippen LogP contribution in [0.1, 0.15) is 6.23 Å². The number of rotatable bonds is 2. The molecule has 1 aromatic heterocycles. The number of ether oxygens (including phenoxy) is 1. The summed E-state index contributed by atoms with van der Waals surface area (Å²) in [6.07, 6.45) is -4.35. The number of nitrogen functional groups attached to an aromatic ring is 1. The number of nitrogens with two attached hydrogens (primary N) is 1. The predicted molar refractivity (Wildman–Crippen MR) is 77.2 cm³/mol. The smallest absolute Gasteiger partial charge is 0.203 e. The molecule has 4 atom stereocenters. The van der Waals surface area contributed by atoms with Gasteiger partial charge >= 0.3 is 0 Å². The number of hydrogen-bond acceptors (Lipinski definition) is 6. The first kappa shape index (κ1) is 14.8. The highest BCUT2D eigenvalue weighted by atomic mass is 35.5. The van der Waals surface area contributed by atoms with Crippen LogP contribution in [0.15, 0.2) is 12.1 Å². The van der Waals surface area contributed by atoms with Crippen molar-refractivity contribution in [3.63, 3.8) is 0 Å². The Labute approximate surface area is 129 Å². The average Bonchev–Trinajstić information content (AvgIpc) is 2.89. The molecule has 4 unspecified atom stereocenters. The van der Waals surface area contributed by atoms with Crippen molar-refractivity contribution < 1.29 is 20.1 Å². The van der Waals surface area contributed by atoms with Gasteiger partial charge in [-0.3, -0.25) is 4.57 Å². The van der Waals surface area contributed by atoms with Crippen molar-refractivity contribution in [2.75, 3.05) is 12.3 Å². The van der Waals surface area contributed by atoms with Crippen molar-refractivity contribution in [2.24, 2.45) is 0 Å². The molecule has 7 nitrogen and oxygen atoms in total. The number of aliphatic hydroxyl groups excluding tert-OH is 3. The highest BCUT2D eigenvalue weighted by Crippen LogP contribution is 2.36. The van der Waals surface area contributed by atoms with Crippen molar-refractivity contribution in [3.05, 3.63) is 22.2 Å². The van der Waals surface area contributed by atoms with E-state index in [2.05, 4.69) is 4.98 Å². The van der Waals surface area contributed by atoms with Gasteiger partial charge in [0.05, 0.1) is 27.7 Å². The lowest BCUT2D eigenvalue weighted by Crippen LogP contribution is -2.33. The molecule has 0 radical (unpaired) electrons. The minimum absolute atomic E-state index is 0.0816. The zero-order valence-electron chi connectivity index (χ0n) is 10.6. The lowest BCUT2D eigenvalue weighted by Gasteiger charge is -2.18. The molecule has 2 aromatic rings. The summed E-state index contributed by atoms with van der Waals surface area (Å²) in [4.78, 5) is 4.13. The molecule has 21 heavy (non-hydrogen) atoms. The molecule has 5 N–H and O–H groups in total. The number of fused-ring (bicyclic) bond motifs is 1. The first-order valence-electron chi connectivity index (χ1n) is 6.19. The Balaban J connectivity index is 2.12. The van der Waals surface area contributed by atoms with Gasteiger partial charge in [0.2, 0.25) is 5.95 Å². The summed E-state index contributed by atoms with van der Waals surface area (Å²) < 4.78 is 6.87. The predicted octanol–water partition coefficient (Wildman–Crippen LogP) is 0.537. The van der Waals surface area contributed by atoms with Crippen LogP contribution in [0, 0.1) is 0 Å². The summed E-state index contributed by atoms with van der Waals surface area (Å²) in [7, 11) is 0. The largest absolute Gasteiger partial charge is 0.394 e. The van der Waals surface area contributed by atoms with Crippen LogP contribution in [-0.4, -0.2) is 49.8 Å². The maximum atomic E-state index is 10.1. The van der Waals surface area contributed by atoms with E-state index in [1.807, 2.05) is 0 Å². The van der Waals surface area contributed by atoms with Crippen molar-refractivity contribution in [1.29, 1.82) is 0 Å². The van der Waals surface area contributed by atoms with Gasteiger partial charge in [0, 0.05) is 0 Å². The maximum Gasteiger partial charge on any atom is 0.203 e. The third kappa shape index (κ3) is 2.26. The summed E-state index contributed by atoms with van der Waals surface area (Å²) >= 11 is 11.9. The van der Waals surface area contributed by atoms with Crippen molar-refractivity contribution in [1.82, 2.24) is 9.55 Å². The van der Waals surface area contributed by atoms with Crippen molar-refractivity contribution in [3.8, 4) is 0 Å². The highest BCUT2D eigenvalue weighted by Gasteiger charge is 2.44. The summed E-state index contributed by atoms with van der Waals surface area (Å²) in [5.74, 6) is 0.0816. The van der Waals surface area contributed by atoms with E-state index in [1.165, 1.54) is 4.57 Å². The molecule has 1 aliphatic rings. The monoisotopic (exact) mass is 333 g/mol. The zero-order valence-corrected chi connectivity index (χ0v) is 12.2. The zero-order chi connectivity index (χ0) is 15.3. The third-order valence-electron chi connectivity index (χ3n) is 3.53. The van der Waals surface area contributed by atoms with E-state index in [-0.39, 0.29) is 5.95 Å². The van der Waals surface area contributed by atoms with Gasteiger partial charge in [-0.15, -0.1) is 0 Å². The van der Waals surface area contributed by atoms with E-state index in [9.17, 15) is 10.2 Å². The van der Waals surface area contributed by atoms with Crippen LogP contribution >= 0.6 is 23.2 Å². The van der Waals surface area contributed by atoms with Crippen LogP contribution in [0.25, 0.3) is 11.0 Å². The van der Waals surface area contributed by atoms with Crippen LogP contribution < -0.4 is 5.73 Å². The Hall–Kier alpha value is -1.09. The Kier molecular flexibility index (Phi) is 3.73. The summed E-state index contributed by atoms with van der Waals surface area (Å²) in [5.41, 5.74) is 6.85. The van der Waals surface area contributed by atoms with Crippen LogP contribution in [0.5, 0.6) is 0 Å². The molecule has 3 rings (SSSR count). The molecule has 114 valence electrons. The van der Waals surface area contributed by atoms with Crippen LogP contribution in [-0.2, 0) is 4.74 Å². The van der Waals surface area contributed by atoms with Gasteiger partial charge in [-0.05, 0) is 12.1 Å². The molecule has 0 aliphatic carbocycles. The fraction of sp³-hybridized carbons (Fsp3) is 0.417. The standard InChI is InChI=1S/C12H13Cl2N3O4/c13-4-1-6-7(2-5(4)14)17(12(15)16-6)11-10(20)9(19)8(3-18)21-11/h1-2,8-11,18-20H,3H2,(H2,15,16). The molecule has 0 bridgehead atoms. The Morgan fingerprint density at radius 3 is 2.52 bits per heavy atom. The summed E-state index contributed by atoms with van der Waals surface area (Å²) in [5, 5.41) is 29.7. The molecule has 1 aliphatic heterocycles. The molecular weight excluding hydrogens is 321 g/mol. The topological polar surface area (TPSA) is 114 Å². The number of halogens is 2. The molecule has 0 amide bonds. The minimum atomic E-state index is -1.25. The number of aromatic nitrogens is 2. The lowest BCUT2D eigenvalue weighted by molar-refractivity contribution is -0.0498. The van der Waals surface area contributed by atoms with E-state index >= 15 is 0 Å². The summed E-state index contributed by atoms with van der Waals surface area (Å²) in [6.45, 7) is -0.423. The number of nitrogens with zero attached hydrogens (tertiary/aromatic N) is 2. The quantitative estimate of drug-likeness (QED) is 0.637. The van der Waals surface area contributed by atoms with Gasteiger partial charge in [-0.2, -0.15) is 0 Å². The van der Waals surface area contributed by atoms with Gasteiger partial charge in [-0.25, -0.2) is 4.98 Å². The number of benzene rings is 1. The van der Waals surface area contributed by atoms with Crippen LogP contribution in [0.4, 0.5) is 5.95 Å². The fourth-order valence-electron chi connectivity index (χ4n) is 2.47. The van der Waals surface area contributed by atoms with E-state index in [0.29, 0.717) is 21.1 Å². The Morgan fingerprint density at radius 2 is 1.90 bits per heavy atom. The van der Waals surface area contributed by atoms with E-state index in [4.69, 9.17) is 38.8 Å². The van der Waals surface area contributed by atoms with Crippen LogP contribution in [0.3, 0.4) is 0 Å². The van der Waals surface area contributed by atoms with Gasteiger partial charge < -0.3 is 25.8 Å². The molecule has 2 heterocycles. The normalized spacial score (nSPS) is 29.4. The van der Waals surface area contributed by atoms with Crippen LogP contribution in [0.2, 0.25) is 10.0 Å². The Morgan fingerprint density at radius 1 is 1.24 bits per heavy atom. The molecule has 0 spiro atoms. The molecule has 0 saturated carbocycles. The molecule has 1 fully saturated rings. The highest BCUT2D eigenvalue weighted by molar-refractivity contribution is 6.42. The summed E-state index contributed by atoms with van der Waals surface area (Å²) in [6, 6.07) is 3.10. The van der Waals surface area contributed by atoms with E-state index in [1.54, 1.807) is 12.1 Å². The first-order valence-corrected chi connectivity index (χ1v) is 6.94. The second-order valence-electron chi connectivity index (χ2n) is 4.82. The second-order valence-corrected chi connectivity index (χ2v) is 5.64. The molecule has 1 saturated heterocycles. The number of imidazole rings is 1.